The monoisotopic (exact) mass is 348 g/mol. The second-order valence-corrected chi connectivity index (χ2v) is 8.01. The Kier molecular flexibility index (Phi) is 6.33. The summed E-state index contributed by atoms with van der Waals surface area (Å²) in [7, 11) is 0. The van der Waals surface area contributed by atoms with Crippen LogP contribution in [0.25, 0.3) is 0 Å². The normalized spacial score (nSPS) is 17.9. The largest absolute Gasteiger partial charge is 0.338 e. The molecule has 0 aliphatic carbocycles. The standard InChI is InChI=1S/C19H28N2O2S/c1-13(2)18(23)20(14(3)4)10-11-21-17(22)12-24-19(21)16-8-6-15(5)7-9-16/h6-9,13-14,19H,10-12H2,1-5H3. The van der Waals surface area contributed by atoms with Gasteiger partial charge in [0.1, 0.15) is 5.37 Å². The van der Waals surface area contributed by atoms with Crippen LogP contribution >= 0.6 is 11.8 Å². The van der Waals surface area contributed by atoms with Crippen LogP contribution in [-0.2, 0) is 9.59 Å². The lowest BCUT2D eigenvalue weighted by molar-refractivity contribution is -0.138. The maximum atomic E-state index is 12.4. The molecule has 2 rings (SSSR count). The van der Waals surface area contributed by atoms with E-state index < -0.39 is 0 Å². The molecule has 1 aromatic rings. The Bertz CT molecular complexity index is 584. The van der Waals surface area contributed by atoms with E-state index in [1.807, 2.05) is 37.5 Å². The Morgan fingerprint density at radius 2 is 1.88 bits per heavy atom. The zero-order valence-electron chi connectivity index (χ0n) is 15.3. The molecule has 0 spiro atoms. The van der Waals surface area contributed by atoms with Crippen molar-refractivity contribution in [1.29, 1.82) is 0 Å². The Morgan fingerprint density at radius 3 is 2.42 bits per heavy atom. The molecule has 2 amide bonds. The minimum absolute atomic E-state index is 0.0241. The van der Waals surface area contributed by atoms with E-state index in [0.29, 0.717) is 18.8 Å². The molecule has 0 saturated carbocycles. The van der Waals surface area contributed by atoms with Crippen LogP contribution in [0.2, 0.25) is 0 Å². The average Bonchev–Trinajstić information content (AvgIpc) is 2.89. The summed E-state index contributed by atoms with van der Waals surface area (Å²) < 4.78 is 0. The van der Waals surface area contributed by atoms with E-state index >= 15 is 0 Å². The first-order valence-electron chi connectivity index (χ1n) is 8.59. The van der Waals surface area contributed by atoms with E-state index in [-0.39, 0.29) is 29.1 Å². The molecule has 1 aliphatic rings. The molecule has 1 aromatic carbocycles. The maximum Gasteiger partial charge on any atom is 0.233 e. The summed E-state index contributed by atoms with van der Waals surface area (Å²) in [6.45, 7) is 11.1. The molecule has 1 aliphatic heterocycles. The van der Waals surface area contributed by atoms with E-state index in [0.717, 1.165) is 5.56 Å². The number of aryl methyl sites for hydroxylation is 1. The average molecular weight is 349 g/mol. The van der Waals surface area contributed by atoms with Crippen molar-refractivity contribution in [2.75, 3.05) is 18.8 Å². The van der Waals surface area contributed by atoms with Gasteiger partial charge in [-0.2, -0.15) is 0 Å². The highest BCUT2D eigenvalue weighted by Crippen LogP contribution is 2.38. The Balaban J connectivity index is 2.09. The predicted molar refractivity (Wildman–Crippen MR) is 99.8 cm³/mol. The molecule has 1 saturated heterocycles. The van der Waals surface area contributed by atoms with Gasteiger partial charge in [0.05, 0.1) is 5.75 Å². The number of benzene rings is 1. The minimum Gasteiger partial charge on any atom is -0.338 e. The van der Waals surface area contributed by atoms with Gasteiger partial charge in [-0.15, -0.1) is 11.8 Å². The molecular weight excluding hydrogens is 320 g/mol. The van der Waals surface area contributed by atoms with Gasteiger partial charge in [0.2, 0.25) is 11.8 Å². The van der Waals surface area contributed by atoms with Crippen molar-refractivity contribution in [3.05, 3.63) is 35.4 Å². The van der Waals surface area contributed by atoms with Gasteiger partial charge in [0.15, 0.2) is 0 Å². The van der Waals surface area contributed by atoms with Gasteiger partial charge in [-0.25, -0.2) is 0 Å². The summed E-state index contributed by atoms with van der Waals surface area (Å²) in [6, 6.07) is 8.50. The lowest BCUT2D eigenvalue weighted by Gasteiger charge is -2.32. The summed E-state index contributed by atoms with van der Waals surface area (Å²) in [5.74, 6) is 0.796. The van der Waals surface area contributed by atoms with Crippen molar-refractivity contribution in [3.8, 4) is 0 Å². The Labute approximate surface area is 149 Å². The van der Waals surface area contributed by atoms with Crippen molar-refractivity contribution < 1.29 is 9.59 Å². The third kappa shape index (κ3) is 4.32. The van der Waals surface area contributed by atoms with Gasteiger partial charge in [0.25, 0.3) is 0 Å². The van der Waals surface area contributed by atoms with Gasteiger partial charge in [-0.05, 0) is 26.3 Å². The molecule has 0 radical (unpaired) electrons. The second-order valence-electron chi connectivity index (χ2n) is 6.94. The number of carbonyl (C=O) groups excluding carboxylic acids is 2. The molecule has 1 heterocycles. The second kappa shape index (κ2) is 8.06. The van der Waals surface area contributed by atoms with Crippen LogP contribution in [0.3, 0.4) is 0 Å². The Morgan fingerprint density at radius 1 is 1.25 bits per heavy atom. The molecule has 1 unspecified atom stereocenters. The SMILES string of the molecule is Cc1ccc(C2SCC(=O)N2CCN(C(=O)C(C)C)C(C)C)cc1. The van der Waals surface area contributed by atoms with Gasteiger partial charge in [-0.1, -0.05) is 43.7 Å². The van der Waals surface area contributed by atoms with Gasteiger partial charge in [-0.3, -0.25) is 9.59 Å². The number of hydrogen-bond acceptors (Lipinski definition) is 3. The summed E-state index contributed by atoms with van der Waals surface area (Å²) in [6.07, 6.45) is 0. The molecule has 4 nitrogen and oxygen atoms in total. The quantitative estimate of drug-likeness (QED) is 0.790. The third-order valence-electron chi connectivity index (χ3n) is 4.31. The van der Waals surface area contributed by atoms with Crippen molar-refractivity contribution in [1.82, 2.24) is 9.80 Å². The molecule has 24 heavy (non-hydrogen) atoms. The molecule has 0 N–H and O–H groups in total. The van der Waals surface area contributed by atoms with Gasteiger partial charge >= 0.3 is 0 Å². The van der Waals surface area contributed by atoms with Crippen LogP contribution in [0.4, 0.5) is 0 Å². The summed E-state index contributed by atoms with van der Waals surface area (Å²) in [5, 5.41) is 0.0567. The fourth-order valence-corrected chi connectivity index (χ4v) is 4.09. The van der Waals surface area contributed by atoms with Crippen molar-refractivity contribution in [2.24, 2.45) is 5.92 Å². The molecule has 5 heteroatoms. The zero-order valence-corrected chi connectivity index (χ0v) is 16.1. The van der Waals surface area contributed by atoms with Crippen LogP contribution in [0.1, 0.15) is 44.2 Å². The topological polar surface area (TPSA) is 40.6 Å². The van der Waals surface area contributed by atoms with E-state index in [4.69, 9.17) is 0 Å². The van der Waals surface area contributed by atoms with Crippen molar-refractivity contribution in [2.45, 2.75) is 46.0 Å². The smallest absolute Gasteiger partial charge is 0.233 e. The molecule has 0 bridgehead atoms. The summed E-state index contributed by atoms with van der Waals surface area (Å²) >= 11 is 1.67. The lowest BCUT2D eigenvalue weighted by Crippen LogP contribution is -2.45. The van der Waals surface area contributed by atoms with Crippen molar-refractivity contribution >= 4 is 23.6 Å². The first-order chi connectivity index (χ1) is 11.3. The minimum atomic E-state index is -0.0241. The molecule has 0 aromatic heterocycles. The number of rotatable bonds is 6. The summed E-state index contributed by atoms with van der Waals surface area (Å²) in [4.78, 5) is 28.5. The molecular formula is C19H28N2O2S. The number of nitrogens with zero attached hydrogens (tertiary/aromatic N) is 2. The highest BCUT2D eigenvalue weighted by molar-refractivity contribution is 8.00. The molecule has 1 atom stereocenters. The van der Waals surface area contributed by atoms with Gasteiger partial charge < -0.3 is 9.80 Å². The van der Waals surface area contributed by atoms with Crippen molar-refractivity contribution in [3.63, 3.8) is 0 Å². The number of thioether (sulfide) groups is 1. The number of amides is 2. The maximum absolute atomic E-state index is 12.4. The van der Waals surface area contributed by atoms with Crippen LogP contribution in [-0.4, -0.2) is 46.5 Å². The van der Waals surface area contributed by atoms with Gasteiger partial charge in [0, 0.05) is 25.0 Å². The number of hydrogen-bond donors (Lipinski definition) is 0. The van der Waals surface area contributed by atoms with E-state index in [1.165, 1.54) is 5.56 Å². The predicted octanol–water partition coefficient (Wildman–Crippen LogP) is 3.46. The van der Waals surface area contributed by atoms with E-state index in [1.54, 1.807) is 11.8 Å². The highest BCUT2D eigenvalue weighted by Gasteiger charge is 2.33. The zero-order chi connectivity index (χ0) is 17.9. The Hall–Kier alpha value is -1.49. The fourth-order valence-electron chi connectivity index (χ4n) is 2.87. The fraction of sp³-hybridized carbons (Fsp3) is 0.579. The molecule has 1 fully saturated rings. The van der Waals surface area contributed by atoms with Crippen LogP contribution < -0.4 is 0 Å². The van der Waals surface area contributed by atoms with E-state index in [2.05, 4.69) is 31.2 Å². The molecule has 132 valence electrons. The van der Waals surface area contributed by atoms with Crippen LogP contribution in [0, 0.1) is 12.8 Å². The highest BCUT2D eigenvalue weighted by atomic mass is 32.2. The first-order valence-corrected chi connectivity index (χ1v) is 9.64. The number of carbonyl (C=O) groups is 2. The summed E-state index contributed by atoms with van der Waals surface area (Å²) in [5.41, 5.74) is 2.37. The third-order valence-corrected chi connectivity index (χ3v) is 5.57. The van der Waals surface area contributed by atoms with Crippen LogP contribution in [0.15, 0.2) is 24.3 Å². The van der Waals surface area contributed by atoms with E-state index in [9.17, 15) is 9.59 Å². The first kappa shape index (κ1) is 18.8. The van der Waals surface area contributed by atoms with Crippen LogP contribution in [0.5, 0.6) is 0 Å². The lowest BCUT2D eigenvalue weighted by atomic mass is 10.1.